The summed E-state index contributed by atoms with van der Waals surface area (Å²) >= 11 is -1.95. The summed E-state index contributed by atoms with van der Waals surface area (Å²) in [5, 5.41) is 3.29. The number of methoxy groups -OCH3 is 1. The van der Waals surface area contributed by atoms with Crippen molar-refractivity contribution in [1.29, 1.82) is 0 Å². The van der Waals surface area contributed by atoms with E-state index >= 15 is 0 Å². The molecular formula is C25H38OSiSn. The van der Waals surface area contributed by atoms with Gasteiger partial charge in [-0.25, -0.2) is 0 Å². The van der Waals surface area contributed by atoms with Gasteiger partial charge in [0.1, 0.15) is 0 Å². The molecule has 1 aliphatic heterocycles. The van der Waals surface area contributed by atoms with Crippen LogP contribution in [0, 0.1) is 0 Å². The molecule has 0 atom stereocenters. The second-order valence-corrected chi connectivity index (χ2v) is 27.5. The number of hydrogen-bond donors (Lipinski definition) is 0. The van der Waals surface area contributed by atoms with E-state index in [1.165, 1.54) is 37.8 Å². The second-order valence-electron chi connectivity index (χ2n) is 8.88. The molecule has 3 rings (SSSR count). The maximum atomic E-state index is 5.44. The third-order valence-corrected chi connectivity index (χ3v) is 30.7. The first-order chi connectivity index (χ1) is 13.7. The third kappa shape index (κ3) is 4.87. The molecule has 0 aliphatic carbocycles. The predicted molar refractivity (Wildman–Crippen MR) is 129 cm³/mol. The van der Waals surface area contributed by atoms with Crippen molar-refractivity contribution < 1.29 is 4.74 Å². The zero-order valence-electron chi connectivity index (χ0n) is 18.2. The van der Waals surface area contributed by atoms with Gasteiger partial charge in [-0.2, -0.15) is 0 Å². The van der Waals surface area contributed by atoms with E-state index in [0.717, 1.165) is 5.75 Å². The molecule has 0 unspecified atom stereocenters. The summed E-state index contributed by atoms with van der Waals surface area (Å²) in [5.41, 5.74) is 0. The molecule has 28 heavy (non-hydrogen) atoms. The van der Waals surface area contributed by atoms with Gasteiger partial charge in [0, 0.05) is 0 Å². The molecule has 152 valence electrons. The van der Waals surface area contributed by atoms with Crippen molar-refractivity contribution in [2.75, 3.05) is 7.11 Å². The molecule has 0 radical (unpaired) electrons. The van der Waals surface area contributed by atoms with E-state index in [9.17, 15) is 0 Å². The average Bonchev–Trinajstić information content (AvgIpc) is 2.78. The van der Waals surface area contributed by atoms with Crippen LogP contribution in [0.4, 0.5) is 0 Å². The Balaban J connectivity index is 1.91. The summed E-state index contributed by atoms with van der Waals surface area (Å²) in [6.07, 6.45) is 5.74. The van der Waals surface area contributed by atoms with Gasteiger partial charge >= 0.3 is 178 Å². The summed E-state index contributed by atoms with van der Waals surface area (Å²) in [6.45, 7) is 4.76. The van der Waals surface area contributed by atoms with E-state index in [4.69, 9.17) is 4.74 Å². The summed E-state index contributed by atoms with van der Waals surface area (Å²) < 4.78 is 12.0. The molecule has 0 spiro atoms. The minimum atomic E-state index is -1.95. The molecule has 2 aromatic carbocycles. The van der Waals surface area contributed by atoms with Crippen LogP contribution in [-0.2, 0) is 0 Å². The van der Waals surface area contributed by atoms with Crippen LogP contribution in [0.1, 0.15) is 39.5 Å². The average molecular weight is 501 g/mol. The first kappa shape index (κ1) is 22.0. The van der Waals surface area contributed by atoms with Crippen molar-refractivity contribution in [3.8, 4) is 5.75 Å². The fourth-order valence-electron chi connectivity index (χ4n) is 5.35. The van der Waals surface area contributed by atoms with Crippen molar-refractivity contribution >= 4 is 36.8 Å². The van der Waals surface area contributed by atoms with E-state index in [1.54, 1.807) is 35.2 Å². The van der Waals surface area contributed by atoms with E-state index in [2.05, 4.69) is 68.4 Å². The van der Waals surface area contributed by atoms with Gasteiger partial charge in [-0.05, 0) is 0 Å². The van der Waals surface area contributed by atoms with Crippen LogP contribution in [0.3, 0.4) is 0 Å². The van der Waals surface area contributed by atoms with Crippen LogP contribution >= 0.6 is 0 Å². The zero-order chi connectivity index (χ0) is 19.9. The Hall–Kier alpha value is -0.744. The van der Waals surface area contributed by atoms with Crippen LogP contribution in [0.25, 0.3) is 0 Å². The monoisotopic (exact) mass is 502 g/mol. The Kier molecular flexibility index (Phi) is 8.10. The van der Waals surface area contributed by atoms with Crippen LogP contribution in [0.2, 0.25) is 29.8 Å². The molecule has 1 heterocycles. The molecule has 3 heteroatoms. The first-order valence-electron chi connectivity index (χ1n) is 11.4. The number of benzene rings is 2. The normalized spacial score (nSPS) is 18.0. The van der Waals surface area contributed by atoms with E-state index in [-0.39, 0.29) is 0 Å². The zero-order valence-corrected chi connectivity index (χ0v) is 22.0. The van der Waals surface area contributed by atoms with Crippen molar-refractivity contribution in [3.63, 3.8) is 0 Å². The van der Waals surface area contributed by atoms with E-state index in [1.807, 2.05) is 0 Å². The molecule has 2 aromatic rings. The SMILES string of the molecule is CCC[CH2][Sn]1([CH2]CCC)[CH2]C[Si](c2ccccc2)(c2ccc(OC)cc2)C[CH2]1. The van der Waals surface area contributed by atoms with Crippen molar-refractivity contribution in [2.45, 2.75) is 69.4 Å². The van der Waals surface area contributed by atoms with Gasteiger partial charge in [0.2, 0.25) is 0 Å². The van der Waals surface area contributed by atoms with Crippen molar-refractivity contribution in [3.05, 3.63) is 54.6 Å². The first-order valence-corrected chi connectivity index (χ1v) is 21.9. The van der Waals surface area contributed by atoms with Crippen LogP contribution in [0.5, 0.6) is 5.75 Å². The maximum absolute atomic E-state index is 5.44. The van der Waals surface area contributed by atoms with Gasteiger partial charge in [-0.3, -0.25) is 0 Å². The summed E-state index contributed by atoms with van der Waals surface area (Å²) in [5.74, 6) is 0.983. The van der Waals surface area contributed by atoms with Crippen molar-refractivity contribution in [2.24, 2.45) is 0 Å². The quantitative estimate of drug-likeness (QED) is 0.366. The summed E-state index contributed by atoms with van der Waals surface area (Å²) in [7, 11) is 0.127. The summed E-state index contributed by atoms with van der Waals surface area (Å²) in [4.78, 5) is 0. The number of rotatable bonds is 9. The van der Waals surface area contributed by atoms with Gasteiger partial charge < -0.3 is 0 Å². The Morgan fingerprint density at radius 1 is 0.786 bits per heavy atom. The molecule has 1 saturated heterocycles. The molecule has 1 aliphatic rings. The second kappa shape index (κ2) is 10.3. The van der Waals surface area contributed by atoms with Gasteiger partial charge in [0.15, 0.2) is 0 Å². The fourth-order valence-corrected chi connectivity index (χ4v) is 37.6. The number of ether oxygens (including phenoxy) is 1. The Morgan fingerprint density at radius 2 is 1.32 bits per heavy atom. The van der Waals surface area contributed by atoms with E-state index < -0.39 is 26.5 Å². The number of hydrogen-bond acceptors (Lipinski definition) is 1. The predicted octanol–water partition coefficient (Wildman–Crippen LogP) is 6.32. The fraction of sp³-hybridized carbons (Fsp3) is 0.520. The molecular weight excluding hydrogens is 463 g/mol. The van der Waals surface area contributed by atoms with Crippen LogP contribution in [-0.4, -0.2) is 33.6 Å². The van der Waals surface area contributed by atoms with Crippen LogP contribution in [0.15, 0.2) is 54.6 Å². The van der Waals surface area contributed by atoms with Gasteiger partial charge in [0.05, 0.1) is 0 Å². The number of unbranched alkanes of at least 4 members (excludes halogenated alkanes) is 2. The third-order valence-electron chi connectivity index (χ3n) is 7.25. The molecule has 0 amide bonds. The molecule has 1 fully saturated rings. The topological polar surface area (TPSA) is 9.23 Å². The Labute approximate surface area is 177 Å². The summed E-state index contributed by atoms with van der Waals surface area (Å²) in [6, 6.07) is 23.7. The van der Waals surface area contributed by atoms with Crippen molar-refractivity contribution in [1.82, 2.24) is 0 Å². The molecule has 1 nitrogen and oxygen atoms in total. The molecule has 0 bridgehead atoms. The molecule has 0 N–H and O–H groups in total. The van der Waals surface area contributed by atoms with Gasteiger partial charge in [0.25, 0.3) is 0 Å². The Bertz CT molecular complexity index is 695. The van der Waals surface area contributed by atoms with Gasteiger partial charge in [-0.1, -0.05) is 0 Å². The molecule has 0 saturated carbocycles. The van der Waals surface area contributed by atoms with Crippen LogP contribution < -0.4 is 15.1 Å². The Morgan fingerprint density at radius 3 is 1.82 bits per heavy atom. The standard InChI is InChI=1S/C17H20OSi.2C4H9.Sn/c1-4-19(5-2,16-9-7-6-8-10-16)17-13-11-15(18-3)12-14-17;2*1-3-4-2;/h6-14H,1-2,4-5H2,3H3;2*1,3-4H2,2H3;. The van der Waals surface area contributed by atoms with E-state index in [0.29, 0.717) is 0 Å². The van der Waals surface area contributed by atoms with Gasteiger partial charge in [-0.15, -0.1) is 0 Å². The molecule has 0 aromatic heterocycles. The minimum absolute atomic E-state index is 0.983.